The monoisotopic (exact) mass is 553 g/mol. The maximum atomic E-state index is 14.2. The molecule has 1 aromatic heterocycles. The van der Waals surface area contributed by atoms with Crippen LogP contribution in [0.4, 0.5) is 4.39 Å². The molecule has 4 rings (SSSR count). The van der Waals surface area contributed by atoms with Crippen molar-refractivity contribution < 1.29 is 37.8 Å². The third kappa shape index (κ3) is 5.19. The zero-order valence-corrected chi connectivity index (χ0v) is 21.9. The zero-order chi connectivity index (χ0) is 28.1. The number of dihydropyridines is 1. The van der Waals surface area contributed by atoms with Crippen molar-refractivity contribution in [2.75, 3.05) is 40.1 Å². The predicted octanol–water partition coefficient (Wildman–Crippen LogP) is 2.83. The second-order valence-electron chi connectivity index (χ2n) is 8.36. The first kappa shape index (κ1) is 27.7. The van der Waals surface area contributed by atoms with E-state index in [0.29, 0.717) is 16.0 Å². The summed E-state index contributed by atoms with van der Waals surface area (Å²) in [5, 5.41) is 14.0. The van der Waals surface area contributed by atoms with E-state index in [0.717, 1.165) is 23.3 Å². The summed E-state index contributed by atoms with van der Waals surface area (Å²) in [6, 6.07) is 10.1. The molecular formula is C27H24FN3O7S. The molecule has 1 atom stereocenters. The van der Waals surface area contributed by atoms with Crippen molar-refractivity contribution in [2.24, 2.45) is 0 Å². The van der Waals surface area contributed by atoms with E-state index in [9.17, 15) is 28.8 Å². The number of carbonyl (C=O) groups excluding carboxylic acids is 4. The van der Waals surface area contributed by atoms with Crippen LogP contribution in [-0.2, 0) is 23.8 Å². The van der Waals surface area contributed by atoms with Crippen LogP contribution < -0.4 is 5.32 Å². The summed E-state index contributed by atoms with van der Waals surface area (Å²) >= 11 is 1.13. The van der Waals surface area contributed by atoms with Crippen LogP contribution in [0.1, 0.15) is 44.0 Å². The van der Waals surface area contributed by atoms with E-state index in [1.165, 1.54) is 6.07 Å². The van der Waals surface area contributed by atoms with Crippen LogP contribution in [0, 0.1) is 11.3 Å². The summed E-state index contributed by atoms with van der Waals surface area (Å²) in [6.07, 6.45) is 0. The fourth-order valence-corrected chi connectivity index (χ4v) is 5.46. The molecule has 12 heteroatoms. The maximum absolute atomic E-state index is 14.2. The van der Waals surface area contributed by atoms with Crippen molar-refractivity contribution in [1.29, 1.82) is 5.26 Å². The fraction of sp³-hybridized carbons (Fsp3) is 0.296. The number of allylic oxidation sites excluding steroid dienone is 1. The topological polar surface area (TPSA) is 135 Å². The van der Waals surface area contributed by atoms with Crippen molar-refractivity contribution in [3.8, 4) is 6.07 Å². The molecule has 0 radical (unpaired) electrons. The lowest BCUT2D eigenvalue weighted by atomic mass is 9.83. The Morgan fingerprint density at radius 3 is 2.36 bits per heavy atom. The Bertz CT molecular complexity index is 1400. The molecule has 0 aliphatic carbocycles. The van der Waals surface area contributed by atoms with Gasteiger partial charge in [0.25, 0.3) is 11.8 Å². The lowest BCUT2D eigenvalue weighted by molar-refractivity contribution is -0.139. The average Bonchev–Trinajstić information content (AvgIpc) is 3.52. The van der Waals surface area contributed by atoms with Gasteiger partial charge in [-0.3, -0.25) is 14.5 Å². The van der Waals surface area contributed by atoms with Gasteiger partial charge in [0.15, 0.2) is 0 Å². The summed E-state index contributed by atoms with van der Waals surface area (Å²) in [5.41, 5.74) is 0.618. The molecule has 0 saturated heterocycles. The number of ether oxygens (including phenoxy) is 3. The molecule has 2 amide bonds. The molecule has 2 aliphatic rings. The van der Waals surface area contributed by atoms with E-state index < -0.39 is 36.3 Å². The van der Waals surface area contributed by atoms with Gasteiger partial charge in [-0.2, -0.15) is 5.26 Å². The highest BCUT2D eigenvalue weighted by Crippen LogP contribution is 2.43. The fourth-order valence-electron chi connectivity index (χ4n) is 4.50. The summed E-state index contributed by atoms with van der Waals surface area (Å²) in [5.74, 6) is -3.68. The van der Waals surface area contributed by atoms with Gasteiger partial charge in [-0.05, 0) is 30.5 Å². The number of imide groups is 1. The molecule has 10 nitrogen and oxygen atoms in total. The minimum absolute atomic E-state index is 0.0196. The van der Waals surface area contributed by atoms with Gasteiger partial charge in [-0.25, -0.2) is 14.0 Å². The normalized spacial score (nSPS) is 16.7. The molecule has 202 valence electrons. The van der Waals surface area contributed by atoms with Gasteiger partial charge < -0.3 is 19.5 Å². The SMILES string of the molecule is CCOC(=O)C1=C(COCCN2C(=O)c3ccccc3C2=O)NC(CF)=C(C(=O)OC)C1c1sccc1C#N. The average molecular weight is 554 g/mol. The summed E-state index contributed by atoms with van der Waals surface area (Å²) < 4.78 is 30.1. The van der Waals surface area contributed by atoms with Crippen molar-refractivity contribution in [3.05, 3.63) is 79.8 Å². The first-order chi connectivity index (χ1) is 18.9. The number of nitrogens with one attached hydrogen (secondary N) is 1. The number of alkyl halides is 1. The minimum atomic E-state index is -1.15. The van der Waals surface area contributed by atoms with Crippen LogP contribution in [0.3, 0.4) is 0 Å². The van der Waals surface area contributed by atoms with Crippen molar-refractivity contribution >= 4 is 35.1 Å². The van der Waals surface area contributed by atoms with Gasteiger partial charge in [-0.1, -0.05) is 12.1 Å². The summed E-state index contributed by atoms with van der Waals surface area (Å²) in [7, 11) is 1.13. The summed E-state index contributed by atoms with van der Waals surface area (Å²) in [4.78, 5) is 52.6. The smallest absolute Gasteiger partial charge is 0.336 e. The van der Waals surface area contributed by atoms with Crippen molar-refractivity contribution in [1.82, 2.24) is 10.2 Å². The van der Waals surface area contributed by atoms with Crippen LogP contribution in [-0.4, -0.2) is 68.8 Å². The number of nitriles is 1. The predicted molar refractivity (Wildman–Crippen MR) is 136 cm³/mol. The van der Waals surface area contributed by atoms with E-state index >= 15 is 0 Å². The number of nitrogens with zero attached hydrogens (tertiary/aromatic N) is 2. The highest BCUT2D eigenvalue weighted by molar-refractivity contribution is 7.10. The molecule has 3 heterocycles. The Kier molecular flexibility index (Phi) is 8.53. The Morgan fingerprint density at radius 2 is 1.77 bits per heavy atom. The maximum Gasteiger partial charge on any atom is 0.336 e. The molecule has 2 aromatic rings. The third-order valence-electron chi connectivity index (χ3n) is 6.23. The minimum Gasteiger partial charge on any atom is -0.466 e. The van der Waals surface area contributed by atoms with Crippen LogP contribution >= 0.6 is 11.3 Å². The molecule has 1 unspecified atom stereocenters. The Labute approximate surface area is 227 Å². The van der Waals surface area contributed by atoms with E-state index in [4.69, 9.17) is 14.2 Å². The second kappa shape index (κ2) is 12.0. The van der Waals surface area contributed by atoms with Gasteiger partial charge in [-0.15, -0.1) is 11.3 Å². The number of halogens is 1. The van der Waals surface area contributed by atoms with E-state index in [-0.39, 0.29) is 54.5 Å². The molecule has 1 N–H and O–H groups in total. The number of carbonyl (C=O) groups is 4. The van der Waals surface area contributed by atoms with Gasteiger partial charge in [0, 0.05) is 4.88 Å². The van der Waals surface area contributed by atoms with Gasteiger partial charge in [0.05, 0.1) is 78.6 Å². The van der Waals surface area contributed by atoms with Crippen LogP contribution in [0.2, 0.25) is 0 Å². The molecular weight excluding hydrogens is 529 g/mol. The number of amides is 2. The Balaban J connectivity index is 1.64. The number of methoxy groups -OCH3 is 1. The highest BCUT2D eigenvalue weighted by atomic mass is 32.1. The van der Waals surface area contributed by atoms with Crippen LogP contribution in [0.25, 0.3) is 0 Å². The van der Waals surface area contributed by atoms with Crippen molar-refractivity contribution in [2.45, 2.75) is 12.8 Å². The van der Waals surface area contributed by atoms with Gasteiger partial charge >= 0.3 is 11.9 Å². The molecule has 0 saturated carbocycles. The summed E-state index contributed by atoms with van der Waals surface area (Å²) in [6.45, 7) is 0.129. The Hall–Kier alpha value is -4.34. The number of hydrogen-bond donors (Lipinski definition) is 1. The molecule has 39 heavy (non-hydrogen) atoms. The molecule has 2 aliphatic heterocycles. The first-order valence-electron chi connectivity index (χ1n) is 11.9. The molecule has 1 aromatic carbocycles. The molecule has 0 spiro atoms. The standard InChI is InChI=1S/C27H24FN3O7S/c1-3-38-27(35)21-19(14-37-10-9-31-24(32)16-6-4-5-7-17(16)25(31)33)30-18(12-28)20(26(34)36-2)22(21)23-15(13-29)8-11-39-23/h4-8,11,22,30H,3,9-10,12,14H2,1-2H3. The van der Waals surface area contributed by atoms with Gasteiger partial charge in [0.2, 0.25) is 0 Å². The first-order valence-corrected chi connectivity index (χ1v) is 12.8. The zero-order valence-electron chi connectivity index (χ0n) is 21.1. The third-order valence-corrected chi connectivity index (χ3v) is 7.21. The number of rotatable bonds is 10. The number of benzene rings is 1. The quantitative estimate of drug-likeness (QED) is 0.268. The van der Waals surface area contributed by atoms with E-state index in [1.807, 2.05) is 6.07 Å². The van der Waals surface area contributed by atoms with Crippen LogP contribution in [0.5, 0.6) is 0 Å². The number of hydrogen-bond acceptors (Lipinski definition) is 10. The van der Waals surface area contributed by atoms with E-state index in [2.05, 4.69) is 5.32 Å². The largest absolute Gasteiger partial charge is 0.466 e. The molecule has 0 fully saturated rings. The van der Waals surface area contributed by atoms with E-state index in [1.54, 1.807) is 36.6 Å². The van der Waals surface area contributed by atoms with Gasteiger partial charge in [0.1, 0.15) is 12.7 Å². The highest BCUT2D eigenvalue weighted by Gasteiger charge is 2.41. The number of thiophene rings is 1. The lowest BCUT2D eigenvalue weighted by Gasteiger charge is -2.31. The lowest BCUT2D eigenvalue weighted by Crippen LogP contribution is -2.37. The van der Waals surface area contributed by atoms with Crippen molar-refractivity contribution in [3.63, 3.8) is 0 Å². The second-order valence-corrected chi connectivity index (χ2v) is 9.31. The number of fused-ring (bicyclic) bond motifs is 1. The van der Waals surface area contributed by atoms with Crippen LogP contribution in [0.15, 0.2) is 58.3 Å². The molecule has 0 bridgehead atoms. The Morgan fingerprint density at radius 1 is 1.10 bits per heavy atom. The number of esters is 2.